The van der Waals surface area contributed by atoms with Gasteiger partial charge in [0.05, 0.1) is 12.6 Å². The first-order valence-corrected chi connectivity index (χ1v) is 9.78. The molecule has 0 aliphatic carbocycles. The van der Waals surface area contributed by atoms with Crippen molar-refractivity contribution in [1.82, 2.24) is 21.0 Å². The highest BCUT2D eigenvalue weighted by atomic mass is 19.1. The highest BCUT2D eigenvalue weighted by Gasteiger charge is 2.33. The Morgan fingerprint density at radius 1 is 1.10 bits per heavy atom. The van der Waals surface area contributed by atoms with Crippen LogP contribution in [0.3, 0.4) is 0 Å². The molecule has 1 unspecified atom stereocenters. The van der Waals surface area contributed by atoms with Crippen LogP contribution in [0.1, 0.15) is 44.0 Å². The smallest absolute Gasteiger partial charge is 0.269 e. The van der Waals surface area contributed by atoms with Crippen LogP contribution in [-0.4, -0.2) is 59.7 Å². The van der Waals surface area contributed by atoms with E-state index in [1.807, 2.05) is 0 Å². The lowest BCUT2D eigenvalue weighted by atomic mass is 9.98. The molecule has 1 fully saturated rings. The number of nitrogens with zero attached hydrogens (tertiary/aromatic N) is 2. The van der Waals surface area contributed by atoms with Crippen molar-refractivity contribution in [3.8, 4) is 0 Å². The summed E-state index contributed by atoms with van der Waals surface area (Å²) in [6, 6.07) is 2.46. The standard InChI is InChI=1S/C20H27F2N5O2/c1-20(2,3)27-9-7-12(8-10-27)24-19(29)17-15(11-23-26-17)25-18(28)16-13(21)5-4-6-14(16)22/h4-6,12,15,23H,7-11H2,1-3H3,(H,24,29)(H,25,28). The molecule has 29 heavy (non-hydrogen) atoms. The number of carbonyl (C=O) groups is 2. The SMILES string of the molecule is CC(C)(C)N1CCC(NC(=O)C2=NNCC2NC(=O)c2c(F)cccc2F)CC1. The lowest BCUT2D eigenvalue weighted by Gasteiger charge is -2.41. The zero-order valence-corrected chi connectivity index (χ0v) is 16.9. The van der Waals surface area contributed by atoms with Crippen LogP contribution in [0.25, 0.3) is 0 Å². The van der Waals surface area contributed by atoms with Crippen molar-refractivity contribution in [3.05, 3.63) is 35.4 Å². The minimum absolute atomic E-state index is 0.0183. The predicted octanol–water partition coefficient (Wildman–Crippen LogP) is 1.40. The summed E-state index contributed by atoms with van der Waals surface area (Å²) < 4.78 is 27.7. The average molecular weight is 407 g/mol. The van der Waals surface area contributed by atoms with Crippen LogP contribution >= 0.6 is 0 Å². The third kappa shape index (κ3) is 4.90. The van der Waals surface area contributed by atoms with Crippen LogP contribution in [-0.2, 0) is 4.79 Å². The van der Waals surface area contributed by atoms with Crippen LogP contribution in [0, 0.1) is 11.6 Å². The van der Waals surface area contributed by atoms with Crippen LogP contribution in [0.15, 0.2) is 23.3 Å². The number of hydrazone groups is 1. The summed E-state index contributed by atoms with van der Waals surface area (Å²) in [5.74, 6) is -3.22. The Morgan fingerprint density at radius 2 is 1.72 bits per heavy atom. The first-order valence-electron chi connectivity index (χ1n) is 9.78. The van der Waals surface area contributed by atoms with Crippen molar-refractivity contribution in [3.63, 3.8) is 0 Å². The van der Waals surface area contributed by atoms with Gasteiger partial charge < -0.3 is 16.1 Å². The predicted molar refractivity (Wildman–Crippen MR) is 106 cm³/mol. The fourth-order valence-electron chi connectivity index (χ4n) is 3.62. The normalized spacial score (nSPS) is 20.7. The average Bonchev–Trinajstić information content (AvgIpc) is 3.09. The Bertz CT molecular complexity index is 793. The van der Waals surface area contributed by atoms with E-state index in [1.54, 1.807) is 0 Å². The number of carbonyl (C=O) groups excluding carboxylic acids is 2. The molecule has 0 saturated carbocycles. The van der Waals surface area contributed by atoms with E-state index in [0.29, 0.717) is 0 Å². The summed E-state index contributed by atoms with van der Waals surface area (Å²) in [6.45, 7) is 8.42. The zero-order chi connectivity index (χ0) is 21.2. The van der Waals surface area contributed by atoms with Gasteiger partial charge in [-0.1, -0.05) is 6.07 Å². The molecule has 0 radical (unpaired) electrons. The third-order valence-corrected chi connectivity index (χ3v) is 5.33. The maximum absolute atomic E-state index is 13.8. The minimum Gasteiger partial charge on any atom is -0.348 e. The number of likely N-dealkylation sites (tertiary alicyclic amines) is 1. The number of halogens is 2. The molecule has 2 aliphatic heterocycles. The van der Waals surface area contributed by atoms with Crippen molar-refractivity contribution in [2.24, 2.45) is 5.10 Å². The molecule has 2 amide bonds. The number of rotatable bonds is 4. The molecule has 1 saturated heterocycles. The molecular formula is C20H27F2N5O2. The van der Waals surface area contributed by atoms with Crippen LogP contribution < -0.4 is 16.1 Å². The van der Waals surface area contributed by atoms with E-state index >= 15 is 0 Å². The number of benzene rings is 1. The number of piperidine rings is 1. The summed E-state index contributed by atoms with van der Waals surface area (Å²) in [7, 11) is 0. The Morgan fingerprint density at radius 3 is 2.31 bits per heavy atom. The van der Waals surface area contributed by atoms with Crippen LogP contribution in [0.5, 0.6) is 0 Å². The van der Waals surface area contributed by atoms with Crippen molar-refractivity contribution < 1.29 is 18.4 Å². The Hall–Kier alpha value is -2.55. The van der Waals surface area contributed by atoms with Gasteiger partial charge in [-0.15, -0.1) is 0 Å². The fraction of sp³-hybridized carbons (Fsp3) is 0.550. The maximum atomic E-state index is 13.8. The van der Waals surface area contributed by atoms with Gasteiger partial charge in [-0.2, -0.15) is 5.10 Å². The van der Waals surface area contributed by atoms with Gasteiger partial charge in [-0.3, -0.25) is 14.5 Å². The fourth-order valence-corrected chi connectivity index (χ4v) is 3.62. The minimum atomic E-state index is -0.956. The molecule has 1 aromatic carbocycles. The molecule has 2 aliphatic rings. The first kappa shape index (κ1) is 21.2. The van der Waals surface area contributed by atoms with E-state index in [1.165, 1.54) is 6.07 Å². The van der Waals surface area contributed by atoms with Crippen molar-refractivity contribution in [1.29, 1.82) is 0 Å². The van der Waals surface area contributed by atoms with E-state index in [-0.39, 0.29) is 29.7 Å². The molecule has 1 atom stereocenters. The van der Waals surface area contributed by atoms with Gasteiger partial charge in [0.2, 0.25) is 0 Å². The van der Waals surface area contributed by atoms with Crippen molar-refractivity contribution in [2.75, 3.05) is 19.6 Å². The van der Waals surface area contributed by atoms with Crippen LogP contribution in [0.4, 0.5) is 8.78 Å². The molecule has 3 N–H and O–H groups in total. The summed E-state index contributed by atoms with van der Waals surface area (Å²) in [5, 5.41) is 9.42. The van der Waals surface area contributed by atoms with E-state index in [2.05, 4.69) is 46.8 Å². The topological polar surface area (TPSA) is 85.8 Å². The summed E-state index contributed by atoms with van der Waals surface area (Å²) >= 11 is 0. The second-order valence-electron chi connectivity index (χ2n) is 8.39. The van der Waals surface area contributed by atoms with E-state index in [0.717, 1.165) is 38.1 Å². The van der Waals surface area contributed by atoms with Gasteiger partial charge in [0.1, 0.15) is 22.9 Å². The number of amides is 2. The number of nitrogens with one attached hydrogen (secondary N) is 3. The van der Waals surface area contributed by atoms with E-state index in [4.69, 9.17) is 0 Å². The summed E-state index contributed by atoms with van der Waals surface area (Å²) in [4.78, 5) is 27.4. The molecule has 158 valence electrons. The largest absolute Gasteiger partial charge is 0.348 e. The molecular weight excluding hydrogens is 380 g/mol. The Labute approximate surface area is 168 Å². The number of hydrogen-bond acceptors (Lipinski definition) is 5. The summed E-state index contributed by atoms with van der Waals surface area (Å²) in [5.41, 5.74) is 2.19. The van der Waals surface area contributed by atoms with Gasteiger partial charge in [0.15, 0.2) is 0 Å². The highest BCUT2D eigenvalue weighted by Crippen LogP contribution is 2.20. The van der Waals surface area contributed by atoms with Crippen LogP contribution in [0.2, 0.25) is 0 Å². The molecule has 3 rings (SSSR count). The lowest BCUT2D eigenvalue weighted by molar-refractivity contribution is -0.116. The van der Waals surface area contributed by atoms with Crippen molar-refractivity contribution >= 4 is 17.5 Å². The van der Waals surface area contributed by atoms with E-state index in [9.17, 15) is 18.4 Å². The molecule has 9 heteroatoms. The quantitative estimate of drug-likeness (QED) is 0.704. The third-order valence-electron chi connectivity index (χ3n) is 5.33. The zero-order valence-electron chi connectivity index (χ0n) is 16.9. The van der Waals surface area contributed by atoms with Gasteiger partial charge in [-0.25, -0.2) is 8.78 Å². The maximum Gasteiger partial charge on any atom is 0.269 e. The van der Waals surface area contributed by atoms with Gasteiger partial charge >= 0.3 is 0 Å². The molecule has 2 heterocycles. The monoisotopic (exact) mass is 407 g/mol. The molecule has 1 aromatic rings. The molecule has 0 bridgehead atoms. The van der Waals surface area contributed by atoms with Crippen molar-refractivity contribution in [2.45, 2.75) is 51.2 Å². The second kappa shape index (κ2) is 8.44. The van der Waals surface area contributed by atoms with Gasteiger partial charge in [0.25, 0.3) is 11.8 Å². The van der Waals surface area contributed by atoms with E-state index < -0.39 is 29.1 Å². The number of hydrogen-bond donors (Lipinski definition) is 3. The first-order chi connectivity index (χ1) is 13.7. The Balaban J connectivity index is 1.58. The molecule has 0 aromatic heterocycles. The van der Waals surface area contributed by atoms with Gasteiger partial charge in [0, 0.05) is 24.7 Å². The highest BCUT2D eigenvalue weighted by molar-refractivity contribution is 6.41. The molecule has 0 spiro atoms. The van der Waals surface area contributed by atoms with Gasteiger partial charge in [-0.05, 0) is 45.7 Å². The second-order valence-corrected chi connectivity index (χ2v) is 8.39. The molecule has 7 nitrogen and oxygen atoms in total. The Kier molecular flexibility index (Phi) is 6.16. The lowest BCUT2D eigenvalue weighted by Crippen LogP contribution is -2.53. The summed E-state index contributed by atoms with van der Waals surface area (Å²) in [6.07, 6.45) is 1.64.